The van der Waals surface area contributed by atoms with Gasteiger partial charge in [0.1, 0.15) is 5.82 Å². The predicted octanol–water partition coefficient (Wildman–Crippen LogP) is 0.595. The lowest BCUT2D eigenvalue weighted by Crippen LogP contribution is -2.29. The molecule has 1 aromatic heterocycles. The van der Waals surface area contributed by atoms with Crippen molar-refractivity contribution in [3.8, 4) is 0 Å². The maximum Gasteiger partial charge on any atom is 0.128 e. The minimum atomic E-state index is 0.0360. The first-order valence-corrected chi connectivity index (χ1v) is 4.95. The predicted molar refractivity (Wildman–Crippen MR) is 59.8 cm³/mol. The van der Waals surface area contributed by atoms with Gasteiger partial charge >= 0.3 is 0 Å². The van der Waals surface area contributed by atoms with Crippen molar-refractivity contribution in [3.63, 3.8) is 0 Å². The Kier molecular flexibility index (Phi) is 5.03. The van der Waals surface area contributed by atoms with E-state index in [1.54, 1.807) is 13.3 Å². The second kappa shape index (κ2) is 6.34. The largest absolute Gasteiger partial charge is 0.385 e. The first-order valence-electron chi connectivity index (χ1n) is 4.95. The lowest BCUT2D eigenvalue weighted by molar-refractivity contribution is 0.189. The van der Waals surface area contributed by atoms with Gasteiger partial charge in [0.2, 0.25) is 0 Å². The van der Waals surface area contributed by atoms with Gasteiger partial charge in [-0.25, -0.2) is 4.98 Å². The van der Waals surface area contributed by atoms with Crippen LogP contribution in [-0.2, 0) is 4.74 Å². The molecule has 1 unspecified atom stereocenters. The average Bonchev–Trinajstić information content (AvgIpc) is 2.26. The molecule has 1 atom stereocenters. The van der Waals surface area contributed by atoms with E-state index in [0.717, 1.165) is 25.0 Å². The number of ether oxygens (including phenoxy) is 1. The van der Waals surface area contributed by atoms with Crippen molar-refractivity contribution in [2.75, 3.05) is 19.5 Å². The van der Waals surface area contributed by atoms with Crippen LogP contribution in [0.15, 0.2) is 18.3 Å². The number of hydrogen-bond acceptors (Lipinski definition) is 5. The number of rotatable bonds is 6. The molecule has 0 saturated carbocycles. The molecule has 1 heterocycles. The van der Waals surface area contributed by atoms with Gasteiger partial charge in [0.05, 0.1) is 0 Å². The van der Waals surface area contributed by atoms with Crippen molar-refractivity contribution in [1.29, 1.82) is 0 Å². The molecule has 15 heavy (non-hydrogen) atoms. The van der Waals surface area contributed by atoms with Crippen LogP contribution in [0.2, 0.25) is 0 Å². The molecule has 0 fully saturated rings. The number of hydrogen-bond donors (Lipinski definition) is 3. The van der Waals surface area contributed by atoms with Crippen LogP contribution in [0.4, 0.5) is 5.82 Å². The zero-order chi connectivity index (χ0) is 11.1. The number of hydrazine groups is 1. The van der Waals surface area contributed by atoms with Crippen molar-refractivity contribution in [3.05, 3.63) is 23.9 Å². The molecule has 0 aromatic carbocycles. The standard InChI is InChI=1S/C10H18N4O/c1-15-7-3-5-9(14-12)8-4-2-6-13-10(8)11/h2,4,6,9,14H,3,5,7,12H2,1H3,(H2,11,13). The molecule has 0 aliphatic rings. The van der Waals surface area contributed by atoms with Crippen LogP contribution in [-0.4, -0.2) is 18.7 Å². The van der Waals surface area contributed by atoms with E-state index in [1.807, 2.05) is 12.1 Å². The first kappa shape index (κ1) is 11.9. The summed E-state index contributed by atoms with van der Waals surface area (Å²) in [6.45, 7) is 0.721. The molecule has 0 spiro atoms. The fourth-order valence-electron chi connectivity index (χ4n) is 1.49. The lowest BCUT2D eigenvalue weighted by atomic mass is 10.0. The Balaban J connectivity index is 2.61. The number of nitrogens with one attached hydrogen (secondary N) is 1. The molecule has 0 aliphatic carbocycles. The highest BCUT2D eigenvalue weighted by Crippen LogP contribution is 2.21. The van der Waals surface area contributed by atoms with E-state index < -0.39 is 0 Å². The summed E-state index contributed by atoms with van der Waals surface area (Å²) in [5.74, 6) is 6.01. The fourth-order valence-corrected chi connectivity index (χ4v) is 1.49. The summed E-state index contributed by atoms with van der Waals surface area (Å²) in [6.07, 6.45) is 3.47. The highest BCUT2D eigenvalue weighted by atomic mass is 16.5. The molecule has 0 amide bonds. The third-order valence-electron chi connectivity index (χ3n) is 2.29. The molecule has 5 N–H and O–H groups in total. The summed E-state index contributed by atoms with van der Waals surface area (Å²) in [6, 6.07) is 3.82. The molecule has 5 heteroatoms. The highest BCUT2D eigenvalue weighted by molar-refractivity contribution is 5.40. The van der Waals surface area contributed by atoms with Gasteiger partial charge in [-0.05, 0) is 18.9 Å². The zero-order valence-corrected chi connectivity index (χ0v) is 8.94. The minimum Gasteiger partial charge on any atom is -0.385 e. The molecule has 1 rings (SSSR count). The van der Waals surface area contributed by atoms with E-state index in [0.29, 0.717) is 5.82 Å². The highest BCUT2D eigenvalue weighted by Gasteiger charge is 2.12. The normalized spacial score (nSPS) is 12.7. The maximum absolute atomic E-state index is 5.76. The number of nitrogens with two attached hydrogens (primary N) is 2. The molecule has 0 bridgehead atoms. The number of aromatic nitrogens is 1. The van der Waals surface area contributed by atoms with Crippen LogP contribution in [0.3, 0.4) is 0 Å². The second-order valence-electron chi connectivity index (χ2n) is 3.33. The summed E-state index contributed by atoms with van der Waals surface area (Å²) in [4.78, 5) is 4.03. The lowest BCUT2D eigenvalue weighted by Gasteiger charge is -2.17. The molecule has 0 aliphatic heterocycles. The average molecular weight is 210 g/mol. The van der Waals surface area contributed by atoms with Crippen LogP contribution >= 0.6 is 0 Å². The van der Waals surface area contributed by atoms with E-state index in [1.165, 1.54) is 0 Å². The van der Waals surface area contributed by atoms with Gasteiger partial charge in [0.25, 0.3) is 0 Å². The molecule has 84 valence electrons. The Morgan fingerprint density at radius 3 is 3.00 bits per heavy atom. The minimum absolute atomic E-state index is 0.0360. The molecular weight excluding hydrogens is 192 g/mol. The van der Waals surface area contributed by atoms with E-state index in [-0.39, 0.29) is 6.04 Å². The second-order valence-corrected chi connectivity index (χ2v) is 3.33. The Labute approximate surface area is 89.8 Å². The van der Waals surface area contributed by atoms with Gasteiger partial charge in [0, 0.05) is 31.5 Å². The number of methoxy groups -OCH3 is 1. The molecule has 0 radical (unpaired) electrons. The van der Waals surface area contributed by atoms with Crippen molar-refractivity contribution in [1.82, 2.24) is 10.4 Å². The maximum atomic E-state index is 5.76. The summed E-state index contributed by atoms with van der Waals surface area (Å²) in [5.41, 5.74) is 9.45. The molecular formula is C10H18N4O. The summed E-state index contributed by atoms with van der Waals surface area (Å²) in [5, 5.41) is 0. The SMILES string of the molecule is COCCCC(NN)c1cccnc1N. The summed E-state index contributed by atoms with van der Waals surface area (Å²) >= 11 is 0. The van der Waals surface area contributed by atoms with Crippen LogP contribution in [0.1, 0.15) is 24.4 Å². The number of pyridine rings is 1. The van der Waals surface area contributed by atoms with Crippen molar-refractivity contribution >= 4 is 5.82 Å². The van der Waals surface area contributed by atoms with Gasteiger partial charge in [-0.2, -0.15) is 0 Å². The van der Waals surface area contributed by atoms with Gasteiger partial charge < -0.3 is 10.5 Å². The van der Waals surface area contributed by atoms with Crippen LogP contribution in [0, 0.1) is 0 Å². The van der Waals surface area contributed by atoms with Crippen LogP contribution in [0.25, 0.3) is 0 Å². The Morgan fingerprint density at radius 2 is 2.40 bits per heavy atom. The van der Waals surface area contributed by atoms with Gasteiger partial charge in [0.15, 0.2) is 0 Å². The Morgan fingerprint density at radius 1 is 1.60 bits per heavy atom. The zero-order valence-electron chi connectivity index (χ0n) is 8.94. The third kappa shape index (κ3) is 3.47. The molecule has 0 saturated heterocycles. The van der Waals surface area contributed by atoms with E-state index >= 15 is 0 Å². The number of nitrogens with zero attached hydrogens (tertiary/aromatic N) is 1. The number of anilines is 1. The monoisotopic (exact) mass is 210 g/mol. The first-order chi connectivity index (χ1) is 7.29. The fraction of sp³-hybridized carbons (Fsp3) is 0.500. The summed E-state index contributed by atoms with van der Waals surface area (Å²) < 4.78 is 4.99. The Hall–Kier alpha value is -1.17. The van der Waals surface area contributed by atoms with Crippen molar-refractivity contribution in [2.45, 2.75) is 18.9 Å². The van der Waals surface area contributed by atoms with Crippen LogP contribution in [0.5, 0.6) is 0 Å². The Bertz CT molecular complexity index is 293. The topological polar surface area (TPSA) is 86.2 Å². The van der Waals surface area contributed by atoms with E-state index in [2.05, 4.69) is 10.4 Å². The van der Waals surface area contributed by atoms with Crippen molar-refractivity contribution in [2.24, 2.45) is 5.84 Å². The van der Waals surface area contributed by atoms with Crippen molar-refractivity contribution < 1.29 is 4.74 Å². The van der Waals surface area contributed by atoms with Gasteiger partial charge in [-0.15, -0.1) is 0 Å². The summed E-state index contributed by atoms with van der Waals surface area (Å²) in [7, 11) is 1.68. The molecule has 1 aromatic rings. The van der Waals surface area contributed by atoms with Gasteiger partial charge in [-0.1, -0.05) is 6.07 Å². The molecule has 5 nitrogen and oxygen atoms in total. The smallest absolute Gasteiger partial charge is 0.128 e. The van der Waals surface area contributed by atoms with Gasteiger partial charge in [-0.3, -0.25) is 11.3 Å². The van der Waals surface area contributed by atoms with E-state index in [4.69, 9.17) is 16.3 Å². The number of nitrogen functional groups attached to an aromatic ring is 1. The van der Waals surface area contributed by atoms with E-state index in [9.17, 15) is 0 Å². The third-order valence-corrected chi connectivity index (χ3v) is 2.29. The quantitative estimate of drug-likeness (QED) is 0.363. The van der Waals surface area contributed by atoms with Crippen LogP contribution < -0.4 is 17.0 Å².